The summed E-state index contributed by atoms with van der Waals surface area (Å²) in [5.74, 6) is -3.83. The molecule has 1 aliphatic heterocycles. The van der Waals surface area contributed by atoms with Crippen LogP contribution in [0.3, 0.4) is 0 Å². The lowest BCUT2D eigenvalue weighted by Gasteiger charge is -2.36. The molecule has 0 atom stereocenters. The van der Waals surface area contributed by atoms with Gasteiger partial charge in [0, 0.05) is 32.2 Å². The summed E-state index contributed by atoms with van der Waals surface area (Å²) < 4.78 is 39.9. The maximum atomic E-state index is 13.8. The number of aromatic amines is 1. The van der Waals surface area contributed by atoms with Gasteiger partial charge in [-0.3, -0.25) is 4.79 Å². The molecule has 3 rings (SSSR count). The molecule has 0 aliphatic carbocycles. The van der Waals surface area contributed by atoms with E-state index in [-0.39, 0.29) is 10.8 Å². The van der Waals surface area contributed by atoms with Crippen molar-refractivity contribution in [2.75, 3.05) is 36.0 Å². The molecule has 1 saturated heterocycles. The predicted molar refractivity (Wildman–Crippen MR) is 78.4 cm³/mol. The molecule has 0 amide bonds. The molecule has 0 spiro atoms. The fraction of sp³-hybridized carbons (Fsp3) is 0.308. The molecule has 10 heteroatoms. The number of nitrogens with one attached hydrogen (secondary N) is 1. The minimum atomic E-state index is -1.34. The largest absolute Gasteiger partial charge is 0.365 e. The minimum absolute atomic E-state index is 0.0191. The fourth-order valence-electron chi connectivity index (χ4n) is 2.41. The number of anilines is 2. The van der Waals surface area contributed by atoms with E-state index in [2.05, 4.69) is 15.2 Å². The summed E-state index contributed by atoms with van der Waals surface area (Å²) in [6, 6.07) is 0.474. The third-order valence-corrected chi connectivity index (χ3v) is 3.93. The van der Waals surface area contributed by atoms with E-state index in [4.69, 9.17) is 11.6 Å². The second-order valence-corrected chi connectivity index (χ2v) is 5.32. The van der Waals surface area contributed by atoms with Crippen LogP contribution in [-0.4, -0.2) is 41.4 Å². The molecule has 0 bridgehead atoms. The number of rotatable bonds is 2. The Kier molecular flexibility index (Phi) is 4.12. The number of hydrogen-bond acceptors (Lipinski definition) is 5. The lowest BCUT2D eigenvalue weighted by Crippen LogP contribution is -2.47. The van der Waals surface area contributed by atoms with E-state index < -0.39 is 23.1 Å². The van der Waals surface area contributed by atoms with Crippen molar-refractivity contribution in [3.8, 4) is 0 Å². The average molecular weight is 346 g/mol. The molecule has 0 radical (unpaired) electrons. The second-order valence-electron chi connectivity index (χ2n) is 4.94. The molecule has 1 N–H and O–H groups in total. The van der Waals surface area contributed by atoms with Crippen molar-refractivity contribution in [2.24, 2.45) is 0 Å². The van der Waals surface area contributed by atoms with Gasteiger partial charge in [0.15, 0.2) is 17.5 Å². The Hall–Kier alpha value is -2.29. The Morgan fingerprint density at radius 1 is 1.09 bits per heavy atom. The van der Waals surface area contributed by atoms with Crippen LogP contribution in [0.5, 0.6) is 0 Å². The maximum Gasteiger partial charge on any atom is 0.285 e. The molecule has 2 aromatic rings. The first kappa shape index (κ1) is 15.6. The van der Waals surface area contributed by atoms with Crippen LogP contribution in [0.1, 0.15) is 0 Å². The third kappa shape index (κ3) is 2.96. The van der Waals surface area contributed by atoms with Crippen LogP contribution < -0.4 is 15.4 Å². The van der Waals surface area contributed by atoms with Gasteiger partial charge < -0.3 is 9.80 Å². The van der Waals surface area contributed by atoms with Crippen molar-refractivity contribution < 1.29 is 13.2 Å². The first-order valence-electron chi connectivity index (χ1n) is 6.72. The number of aromatic nitrogens is 3. The third-order valence-electron chi connectivity index (χ3n) is 3.57. The molecule has 3 heterocycles. The molecule has 6 nitrogen and oxygen atoms in total. The first-order chi connectivity index (χ1) is 11.0. The lowest BCUT2D eigenvalue weighted by molar-refractivity contribution is 0.461. The van der Waals surface area contributed by atoms with Gasteiger partial charge in [0.05, 0.1) is 11.9 Å². The van der Waals surface area contributed by atoms with E-state index in [1.54, 1.807) is 4.90 Å². The minimum Gasteiger partial charge on any atom is -0.365 e. The van der Waals surface area contributed by atoms with Crippen LogP contribution in [-0.2, 0) is 0 Å². The lowest BCUT2D eigenvalue weighted by atomic mass is 10.2. The highest BCUT2D eigenvalue weighted by molar-refractivity contribution is 6.33. The molecule has 0 aromatic carbocycles. The highest BCUT2D eigenvalue weighted by atomic mass is 35.5. The normalized spacial score (nSPS) is 15.1. The van der Waals surface area contributed by atoms with Crippen molar-refractivity contribution in [1.82, 2.24) is 15.2 Å². The summed E-state index contributed by atoms with van der Waals surface area (Å²) in [6.07, 6.45) is 1.43. The zero-order valence-corrected chi connectivity index (χ0v) is 12.4. The summed E-state index contributed by atoms with van der Waals surface area (Å²) in [5, 5.41) is 5.93. The molecule has 0 saturated carbocycles. The predicted octanol–water partition coefficient (Wildman–Crippen LogP) is 1.56. The first-order valence-corrected chi connectivity index (χ1v) is 7.10. The van der Waals surface area contributed by atoms with Gasteiger partial charge >= 0.3 is 0 Å². The van der Waals surface area contributed by atoms with Crippen molar-refractivity contribution in [3.63, 3.8) is 0 Å². The van der Waals surface area contributed by atoms with E-state index >= 15 is 0 Å². The topological polar surface area (TPSA) is 65.1 Å². The standard InChI is InChI=1S/C13H11ClF3N5O/c14-10-9(6-18-20-13(10)23)21-1-3-22(4-2-21)12-8(16)5-7(15)11(17)19-12/h5-6H,1-4H2,(H,20,23). The highest BCUT2D eigenvalue weighted by Crippen LogP contribution is 2.25. The molecule has 1 aliphatic rings. The summed E-state index contributed by atoms with van der Waals surface area (Å²) >= 11 is 5.94. The summed E-state index contributed by atoms with van der Waals surface area (Å²) in [7, 11) is 0. The van der Waals surface area contributed by atoms with Crippen LogP contribution in [0.15, 0.2) is 17.1 Å². The smallest absolute Gasteiger partial charge is 0.285 e. The van der Waals surface area contributed by atoms with Crippen molar-refractivity contribution >= 4 is 23.1 Å². The van der Waals surface area contributed by atoms with Crippen LogP contribution in [0.4, 0.5) is 24.7 Å². The van der Waals surface area contributed by atoms with Crippen molar-refractivity contribution in [2.45, 2.75) is 0 Å². The van der Waals surface area contributed by atoms with E-state index in [0.29, 0.717) is 37.9 Å². The quantitative estimate of drug-likeness (QED) is 0.837. The molecule has 0 unspecified atom stereocenters. The molecular formula is C13H11ClF3N5O. The van der Waals surface area contributed by atoms with E-state index in [0.717, 1.165) is 0 Å². The Bertz CT molecular complexity index is 792. The summed E-state index contributed by atoms with van der Waals surface area (Å²) in [4.78, 5) is 18.1. The van der Waals surface area contributed by atoms with Gasteiger partial charge in [0.2, 0.25) is 0 Å². The number of hydrogen-bond donors (Lipinski definition) is 1. The molecule has 23 heavy (non-hydrogen) atoms. The van der Waals surface area contributed by atoms with Crippen molar-refractivity contribution in [1.29, 1.82) is 0 Å². The SMILES string of the molecule is O=c1[nH]ncc(N2CCN(c3nc(F)c(F)cc3F)CC2)c1Cl. The van der Waals surface area contributed by atoms with Crippen molar-refractivity contribution in [3.05, 3.63) is 45.2 Å². The van der Waals surface area contributed by atoms with Gasteiger partial charge in [-0.15, -0.1) is 0 Å². The van der Waals surface area contributed by atoms with Gasteiger partial charge in [0.1, 0.15) is 5.02 Å². The fourth-order valence-corrected chi connectivity index (χ4v) is 2.62. The molecular weight excluding hydrogens is 335 g/mol. The van der Waals surface area contributed by atoms with Crippen LogP contribution >= 0.6 is 11.6 Å². The number of nitrogens with zero attached hydrogens (tertiary/aromatic N) is 4. The van der Waals surface area contributed by atoms with E-state index in [1.807, 2.05) is 0 Å². The van der Waals surface area contributed by atoms with E-state index in [9.17, 15) is 18.0 Å². The Morgan fingerprint density at radius 2 is 1.74 bits per heavy atom. The Morgan fingerprint density at radius 3 is 2.43 bits per heavy atom. The summed E-state index contributed by atoms with van der Waals surface area (Å²) in [6.45, 7) is 1.40. The number of pyridine rings is 1. The zero-order chi connectivity index (χ0) is 16.6. The van der Waals surface area contributed by atoms with E-state index in [1.165, 1.54) is 11.1 Å². The van der Waals surface area contributed by atoms with Crippen LogP contribution in [0, 0.1) is 17.6 Å². The number of halogens is 4. The molecule has 122 valence electrons. The van der Waals surface area contributed by atoms with Gasteiger partial charge in [-0.2, -0.15) is 14.5 Å². The van der Waals surface area contributed by atoms with Crippen LogP contribution in [0.25, 0.3) is 0 Å². The maximum absolute atomic E-state index is 13.8. The number of piperazine rings is 1. The zero-order valence-electron chi connectivity index (χ0n) is 11.7. The van der Waals surface area contributed by atoms with Crippen LogP contribution in [0.2, 0.25) is 5.02 Å². The Labute approximate surface area is 133 Å². The van der Waals surface area contributed by atoms with Gasteiger partial charge in [-0.1, -0.05) is 11.6 Å². The van der Waals surface area contributed by atoms with Gasteiger partial charge in [0.25, 0.3) is 11.5 Å². The molecule has 2 aromatic heterocycles. The second kappa shape index (κ2) is 6.07. The molecule has 1 fully saturated rings. The summed E-state index contributed by atoms with van der Waals surface area (Å²) in [5.41, 5.74) is -0.0336. The Balaban J connectivity index is 1.78. The van der Waals surface area contributed by atoms with Gasteiger partial charge in [-0.25, -0.2) is 13.9 Å². The van der Waals surface area contributed by atoms with Gasteiger partial charge in [-0.05, 0) is 0 Å². The number of H-pyrrole nitrogens is 1. The highest BCUT2D eigenvalue weighted by Gasteiger charge is 2.24. The monoisotopic (exact) mass is 345 g/mol. The average Bonchev–Trinajstić information content (AvgIpc) is 2.54.